The Morgan fingerprint density at radius 1 is 0.968 bits per heavy atom. The van der Waals surface area contributed by atoms with E-state index < -0.39 is 12.6 Å². The summed E-state index contributed by atoms with van der Waals surface area (Å²) in [5.41, 5.74) is 4.04. The van der Waals surface area contributed by atoms with Gasteiger partial charge in [-0.3, -0.25) is 0 Å². The first-order valence-electron chi connectivity index (χ1n) is 9.69. The van der Waals surface area contributed by atoms with Gasteiger partial charge in [0.2, 0.25) is 6.79 Å². The van der Waals surface area contributed by atoms with Crippen molar-refractivity contribution in [2.75, 3.05) is 20.5 Å². The first kappa shape index (κ1) is 20.9. The number of carbonyl (C=O) groups is 1. The largest absolute Gasteiger partial charge is 0.497 e. The van der Waals surface area contributed by atoms with Crippen molar-refractivity contribution < 1.29 is 28.8 Å². The van der Waals surface area contributed by atoms with Crippen LogP contribution >= 0.6 is 11.6 Å². The van der Waals surface area contributed by atoms with Gasteiger partial charge in [0, 0.05) is 23.6 Å². The molecule has 3 aromatic rings. The van der Waals surface area contributed by atoms with E-state index in [1.54, 1.807) is 19.2 Å². The van der Waals surface area contributed by atoms with Crippen LogP contribution < -0.4 is 18.9 Å². The summed E-state index contributed by atoms with van der Waals surface area (Å²) in [6.45, 7) is -0.192. The van der Waals surface area contributed by atoms with Crippen LogP contribution in [0.25, 0.3) is 0 Å². The Kier molecular flexibility index (Phi) is 6.18. The molecule has 0 saturated carbocycles. The number of hydrogen-bond donors (Lipinski definition) is 1. The van der Waals surface area contributed by atoms with Crippen molar-refractivity contribution in [1.82, 2.24) is 0 Å². The third-order valence-electron chi connectivity index (χ3n) is 4.98. The molecule has 0 saturated heterocycles. The molecule has 7 heteroatoms. The highest BCUT2D eigenvalue weighted by Crippen LogP contribution is 2.37. The Balaban J connectivity index is 1.48. The summed E-state index contributed by atoms with van der Waals surface area (Å²) in [7, 11) is 1.56. The van der Waals surface area contributed by atoms with E-state index in [4.69, 9.17) is 35.7 Å². The summed E-state index contributed by atoms with van der Waals surface area (Å²) < 4.78 is 21.5. The molecule has 1 aliphatic heterocycles. The lowest BCUT2D eigenvalue weighted by atomic mass is 9.99. The maximum absolute atomic E-state index is 10.9. The first-order valence-corrected chi connectivity index (χ1v) is 10.1. The molecule has 6 nitrogen and oxygen atoms in total. The van der Waals surface area contributed by atoms with Gasteiger partial charge in [0.15, 0.2) is 18.1 Å². The number of halogens is 1. The molecule has 4 rings (SSSR count). The number of carboxylic acids is 1. The molecule has 160 valence electrons. The molecule has 0 radical (unpaired) electrons. The van der Waals surface area contributed by atoms with Gasteiger partial charge in [0.1, 0.15) is 11.5 Å². The molecular formula is C24H21ClO6. The van der Waals surface area contributed by atoms with Crippen molar-refractivity contribution >= 4 is 17.6 Å². The summed E-state index contributed by atoms with van der Waals surface area (Å²) in [6.07, 6.45) is 1.27. The van der Waals surface area contributed by atoms with Crippen LogP contribution in [-0.4, -0.2) is 31.6 Å². The molecule has 31 heavy (non-hydrogen) atoms. The van der Waals surface area contributed by atoms with Crippen molar-refractivity contribution in [3.05, 3.63) is 81.9 Å². The average molecular weight is 441 g/mol. The average Bonchev–Trinajstić information content (AvgIpc) is 3.21. The van der Waals surface area contributed by atoms with Crippen molar-refractivity contribution in [2.24, 2.45) is 0 Å². The summed E-state index contributed by atoms with van der Waals surface area (Å²) in [5, 5.41) is 9.57. The Morgan fingerprint density at radius 3 is 2.26 bits per heavy atom. The molecule has 0 fully saturated rings. The zero-order valence-electron chi connectivity index (χ0n) is 16.9. The summed E-state index contributed by atoms with van der Waals surface area (Å²) in [4.78, 5) is 10.9. The van der Waals surface area contributed by atoms with E-state index in [0.29, 0.717) is 40.9 Å². The van der Waals surface area contributed by atoms with E-state index in [1.165, 1.54) is 0 Å². The van der Waals surface area contributed by atoms with Gasteiger partial charge in [-0.05, 0) is 40.8 Å². The lowest BCUT2D eigenvalue weighted by Gasteiger charge is -2.12. The number of methoxy groups -OCH3 is 1. The Bertz CT molecular complexity index is 1090. The lowest BCUT2D eigenvalue weighted by molar-refractivity contribution is -0.139. The smallest absolute Gasteiger partial charge is 0.341 e. The van der Waals surface area contributed by atoms with Crippen molar-refractivity contribution in [3.63, 3.8) is 0 Å². The minimum Gasteiger partial charge on any atom is -0.497 e. The molecule has 1 N–H and O–H groups in total. The Hall–Kier alpha value is -3.38. The second-order valence-electron chi connectivity index (χ2n) is 7.12. The minimum atomic E-state index is -1.03. The van der Waals surface area contributed by atoms with Gasteiger partial charge in [0.05, 0.1) is 7.11 Å². The van der Waals surface area contributed by atoms with E-state index in [0.717, 1.165) is 22.3 Å². The molecule has 1 aliphatic rings. The van der Waals surface area contributed by atoms with Gasteiger partial charge in [-0.15, -0.1) is 0 Å². The Morgan fingerprint density at radius 2 is 1.61 bits per heavy atom. The van der Waals surface area contributed by atoms with Crippen LogP contribution in [0.4, 0.5) is 0 Å². The number of carboxylic acid groups (broad SMARTS) is 1. The highest BCUT2D eigenvalue weighted by Gasteiger charge is 2.17. The van der Waals surface area contributed by atoms with Crippen LogP contribution in [-0.2, 0) is 17.6 Å². The van der Waals surface area contributed by atoms with Crippen LogP contribution in [0.1, 0.15) is 22.3 Å². The first-order chi connectivity index (χ1) is 15.0. The maximum Gasteiger partial charge on any atom is 0.341 e. The monoisotopic (exact) mass is 440 g/mol. The molecule has 1 heterocycles. The van der Waals surface area contributed by atoms with E-state index in [2.05, 4.69) is 12.1 Å². The van der Waals surface area contributed by atoms with Gasteiger partial charge < -0.3 is 24.1 Å². The second-order valence-corrected chi connectivity index (χ2v) is 7.53. The third-order valence-corrected chi connectivity index (χ3v) is 5.33. The normalized spacial score (nSPS) is 11.9. The fourth-order valence-corrected chi connectivity index (χ4v) is 3.61. The molecule has 0 spiro atoms. The van der Waals surface area contributed by atoms with E-state index in [9.17, 15) is 4.79 Å². The highest BCUT2D eigenvalue weighted by molar-refractivity contribution is 6.31. The topological polar surface area (TPSA) is 74.2 Å². The zero-order valence-corrected chi connectivity index (χ0v) is 17.6. The summed E-state index contributed by atoms with van der Waals surface area (Å²) in [6, 6.07) is 17.3. The fraction of sp³-hybridized carbons (Fsp3) is 0.208. The van der Waals surface area contributed by atoms with Crippen molar-refractivity contribution in [3.8, 4) is 23.0 Å². The number of hydrogen-bond acceptors (Lipinski definition) is 5. The quantitative estimate of drug-likeness (QED) is 0.546. The summed E-state index contributed by atoms with van der Waals surface area (Å²) in [5.74, 6) is 1.47. The van der Waals surface area contributed by atoms with Crippen molar-refractivity contribution in [1.29, 1.82) is 0 Å². The maximum atomic E-state index is 10.9. The third kappa shape index (κ3) is 5.03. The molecule has 0 amide bonds. The second kappa shape index (κ2) is 9.18. The zero-order chi connectivity index (χ0) is 21.8. The molecule has 0 aliphatic carbocycles. The molecular weight excluding hydrogens is 420 g/mol. The SMILES string of the molecule is COc1ccc(Cc2ccc(Cc3cc4c(cc3Cl)OCO4)cc2)c(OCC(=O)O)c1. The van der Waals surface area contributed by atoms with Crippen LogP contribution in [0.15, 0.2) is 54.6 Å². The highest BCUT2D eigenvalue weighted by atomic mass is 35.5. The minimum absolute atomic E-state index is 0.216. The number of rotatable bonds is 8. The molecule has 0 aromatic heterocycles. The molecule has 0 atom stereocenters. The standard InChI is InChI=1S/C24H21ClO6/c1-28-19-7-6-17(21(11-19)29-13-24(26)27)8-15-2-4-16(5-3-15)9-18-10-22-23(12-20(18)25)31-14-30-22/h2-7,10-12H,8-9,13-14H2,1H3,(H,26,27). The van der Waals surface area contributed by atoms with Gasteiger partial charge >= 0.3 is 5.97 Å². The molecule has 0 bridgehead atoms. The predicted molar refractivity (Wildman–Crippen MR) is 116 cm³/mol. The van der Waals surface area contributed by atoms with E-state index in [-0.39, 0.29) is 6.79 Å². The number of benzene rings is 3. The van der Waals surface area contributed by atoms with Crippen molar-refractivity contribution in [2.45, 2.75) is 12.8 Å². The van der Waals surface area contributed by atoms with E-state index in [1.807, 2.05) is 30.3 Å². The van der Waals surface area contributed by atoms with Crippen LogP contribution in [0.5, 0.6) is 23.0 Å². The fourth-order valence-electron chi connectivity index (χ4n) is 3.39. The number of ether oxygens (including phenoxy) is 4. The van der Waals surface area contributed by atoms with Gasteiger partial charge in [-0.1, -0.05) is 41.9 Å². The van der Waals surface area contributed by atoms with Crippen LogP contribution in [0.2, 0.25) is 5.02 Å². The van der Waals surface area contributed by atoms with E-state index >= 15 is 0 Å². The summed E-state index contributed by atoms with van der Waals surface area (Å²) >= 11 is 6.39. The number of fused-ring (bicyclic) bond motifs is 1. The molecule has 3 aromatic carbocycles. The van der Waals surface area contributed by atoms with Gasteiger partial charge in [-0.2, -0.15) is 0 Å². The Labute approximate surface area is 184 Å². The molecule has 0 unspecified atom stereocenters. The van der Waals surface area contributed by atoms with Gasteiger partial charge in [-0.25, -0.2) is 4.79 Å². The van der Waals surface area contributed by atoms with Crippen LogP contribution in [0, 0.1) is 0 Å². The lowest BCUT2D eigenvalue weighted by Crippen LogP contribution is -2.10. The number of aliphatic carboxylic acids is 1. The van der Waals surface area contributed by atoms with Crippen LogP contribution in [0.3, 0.4) is 0 Å². The van der Waals surface area contributed by atoms with Gasteiger partial charge in [0.25, 0.3) is 0 Å². The predicted octanol–water partition coefficient (Wildman–Crippen LogP) is 4.72.